The number of anilines is 1. The molecular weight excluding hydrogens is 364 g/mol. The van der Waals surface area contributed by atoms with Crippen molar-refractivity contribution in [2.45, 2.75) is 13.0 Å². The van der Waals surface area contributed by atoms with E-state index in [2.05, 4.69) is 10.3 Å². The molecular formula is C16H15ClN4O5. The van der Waals surface area contributed by atoms with Gasteiger partial charge < -0.3 is 15.8 Å². The van der Waals surface area contributed by atoms with E-state index in [1.165, 1.54) is 0 Å². The molecule has 1 heterocycles. The number of halogens is 1. The number of nitro groups is 1. The van der Waals surface area contributed by atoms with Crippen molar-refractivity contribution in [1.82, 2.24) is 10.3 Å². The average molecular weight is 379 g/mol. The van der Waals surface area contributed by atoms with Crippen LogP contribution >= 0.6 is 11.6 Å². The second-order valence-electron chi connectivity index (χ2n) is 5.30. The molecule has 2 rings (SSSR count). The number of carbonyl (C=O) groups is 2. The Morgan fingerprint density at radius 3 is 2.65 bits per heavy atom. The largest absolute Gasteiger partial charge is 0.452 e. The zero-order valence-electron chi connectivity index (χ0n) is 13.6. The molecule has 1 aromatic heterocycles. The Labute approximate surface area is 153 Å². The van der Waals surface area contributed by atoms with Gasteiger partial charge in [-0.25, -0.2) is 9.78 Å². The van der Waals surface area contributed by atoms with Crippen molar-refractivity contribution in [1.29, 1.82) is 0 Å². The van der Waals surface area contributed by atoms with Gasteiger partial charge in [0.25, 0.3) is 11.6 Å². The molecule has 0 unspecified atom stereocenters. The maximum absolute atomic E-state index is 12.0. The number of carbonyl (C=O) groups excluding carboxylic acids is 2. The van der Waals surface area contributed by atoms with E-state index < -0.39 is 29.1 Å². The van der Waals surface area contributed by atoms with Crippen LogP contribution in [0, 0.1) is 10.1 Å². The van der Waals surface area contributed by atoms with Crippen molar-refractivity contribution in [3.05, 3.63) is 62.8 Å². The highest BCUT2D eigenvalue weighted by Gasteiger charge is 2.19. The van der Waals surface area contributed by atoms with E-state index >= 15 is 0 Å². The lowest BCUT2D eigenvalue weighted by Gasteiger charge is -2.14. The summed E-state index contributed by atoms with van der Waals surface area (Å²) in [6.45, 7) is 1.18. The number of benzene rings is 1. The summed E-state index contributed by atoms with van der Waals surface area (Å²) in [5.41, 5.74) is 5.65. The molecule has 3 N–H and O–H groups in total. The van der Waals surface area contributed by atoms with Crippen LogP contribution in [0.1, 0.15) is 28.9 Å². The van der Waals surface area contributed by atoms with Crippen LogP contribution in [0.4, 0.5) is 11.5 Å². The molecule has 0 spiro atoms. The number of hydrogen-bond acceptors (Lipinski definition) is 7. The molecule has 0 bridgehead atoms. The summed E-state index contributed by atoms with van der Waals surface area (Å²) in [4.78, 5) is 37.5. The summed E-state index contributed by atoms with van der Waals surface area (Å²) in [6.07, 6.45) is 0.923. The summed E-state index contributed by atoms with van der Waals surface area (Å²) in [5.74, 6) is -1.75. The average Bonchev–Trinajstić information content (AvgIpc) is 2.60. The Balaban J connectivity index is 1.94. The highest BCUT2D eigenvalue weighted by molar-refractivity contribution is 6.30. The van der Waals surface area contributed by atoms with Crippen LogP contribution in [0.25, 0.3) is 0 Å². The molecule has 1 amide bonds. The number of rotatable bonds is 6. The lowest BCUT2D eigenvalue weighted by Crippen LogP contribution is -2.31. The standard InChI is InChI=1S/C16H15ClN4O5/c1-9(10-2-4-11(17)5-3-10)20-14(22)8-26-16(23)13-6-12(21(24)25)7-19-15(13)18/h2-7,9H,8H2,1H3,(H2,18,19)(H,20,22)/t9-/m0/s1. The lowest BCUT2D eigenvalue weighted by molar-refractivity contribution is -0.385. The van der Waals surface area contributed by atoms with Crippen molar-refractivity contribution in [3.8, 4) is 0 Å². The van der Waals surface area contributed by atoms with E-state index in [1.54, 1.807) is 31.2 Å². The van der Waals surface area contributed by atoms with Crippen LogP contribution in [0.2, 0.25) is 5.02 Å². The first kappa shape index (κ1) is 19.1. The molecule has 0 radical (unpaired) electrons. The number of aromatic nitrogens is 1. The zero-order valence-corrected chi connectivity index (χ0v) is 14.4. The first-order chi connectivity index (χ1) is 12.3. The number of nitrogens with two attached hydrogens (primary N) is 1. The van der Waals surface area contributed by atoms with Crippen LogP contribution in [0.15, 0.2) is 36.5 Å². The van der Waals surface area contributed by atoms with Crippen LogP contribution in [-0.4, -0.2) is 28.4 Å². The summed E-state index contributed by atoms with van der Waals surface area (Å²) < 4.78 is 4.85. The first-order valence-corrected chi connectivity index (χ1v) is 7.77. The van der Waals surface area contributed by atoms with Gasteiger partial charge in [0.05, 0.1) is 11.0 Å². The molecule has 0 fully saturated rings. The second-order valence-corrected chi connectivity index (χ2v) is 5.74. The van der Waals surface area contributed by atoms with E-state index in [0.717, 1.165) is 17.8 Å². The third-order valence-corrected chi connectivity index (χ3v) is 3.67. The van der Waals surface area contributed by atoms with Crippen molar-refractivity contribution in [2.75, 3.05) is 12.3 Å². The van der Waals surface area contributed by atoms with Gasteiger partial charge in [0.2, 0.25) is 0 Å². The number of amides is 1. The van der Waals surface area contributed by atoms with Gasteiger partial charge in [0, 0.05) is 11.1 Å². The van der Waals surface area contributed by atoms with E-state index in [9.17, 15) is 19.7 Å². The fraction of sp³-hybridized carbons (Fsp3) is 0.188. The van der Waals surface area contributed by atoms with Crippen molar-refractivity contribution >= 4 is 35.0 Å². The molecule has 9 nitrogen and oxygen atoms in total. The van der Waals surface area contributed by atoms with E-state index in [4.69, 9.17) is 22.1 Å². The third kappa shape index (κ3) is 4.90. The van der Waals surface area contributed by atoms with Gasteiger partial charge in [-0.05, 0) is 24.6 Å². The molecule has 0 aliphatic heterocycles. The van der Waals surface area contributed by atoms with Crippen LogP contribution in [-0.2, 0) is 9.53 Å². The van der Waals surface area contributed by atoms with Gasteiger partial charge in [-0.3, -0.25) is 14.9 Å². The van der Waals surface area contributed by atoms with Gasteiger partial charge >= 0.3 is 5.97 Å². The van der Waals surface area contributed by atoms with Gasteiger partial charge in [-0.15, -0.1) is 0 Å². The van der Waals surface area contributed by atoms with E-state index in [0.29, 0.717) is 5.02 Å². The molecule has 26 heavy (non-hydrogen) atoms. The summed E-state index contributed by atoms with van der Waals surface area (Å²) in [6, 6.07) is 7.51. The van der Waals surface area contributed by atoms with Gasteiger partial charge in [-0.1, -0.05) is 23.7 Å². The first-order valence-electron chi connectivity index (χ1n) is 7.39. The van der Waals surface area contributed by atoms with Crippen LogP contribution in [0.3, 0.4) is 0 Å². The van der Waals surface area contributed by atoms with Crippen molar-refractivity contribution in [2.24, 2.45) is 0 Å². The van der Waals surface area contributed by atoms with E-state index in [1.807, 2.05) is 0 Å². The zero-order chi connectivity index (χ0) is 19.3. The third-order valence-electron chi connectivity index (χ3n) is 3.42. The Bertz CT molecular complexity index is 841. The molecule has 0 aliphatic carbocycles. The lowest BCUT2D eigenvalue weighted by atomic mass is 10.1. The fourth-order valence-electron chi connectivity index (χ4n) is 2.05. The van der Waals surface area contributed by atoms with Crippen LogP contribution in [0.5, 0.6) is 0 Å². The minimum absolute atomic E-state index is 0.226. The summed E-state index contributed by atoms with van der Waals surface area (Å²) in [7, 11) is 0. The molecule has 0 saturated heterocycles. The molecule has 0 saturated carbocycles. The Morgan fingerprint density at radius 1 is 1.38 bits per heavy atom. The maximum Gasteiger partial charge on any atom is 0.342 e. The predicted octanol–water partition coefficient (Wildman–Crippen LogP) is 2.26. The normalized spacial score (nSPS) is 11.5. The number of esters is 1. The number of hydrogen-bond donors (Lipinski definition) is 2. The Morgan fingerprint density at radius 2 is 2.04 bits per heavy atom. The number of nitrogens with zero attached hydrogens (tertiary/aromatic N) is 2. The Kier molecular flexibility index (Phi) is 6.07. The topological polar surface area (TPSA) is 137 Å². The highest BCUT2D eigenvalue weighted by Crippen LogP contribution is 2.18. The van der Waals surface area contributed by atoms with Gasteiger partial charge in [0.1, 0.15) is 17.6 Å². The number of nitrogens with one attached hydrogen (secondary N) is 1. The maximum atomic E-state index is 12.0. The fourth-order valence-corrected chi connectivity index (χ4v) is 2.18. The molecule has 136 valence electrons. The second kappa shape index (κ2) is 8.26. The summed E-state index contributed by atoms with van der Waals surface area (Å²) >= 11 is 5.81. The molecule has 10 heteroatoms. The quantitative estimate of drug-likeness (QED) is 0.446. The molecule has 0 aliphatic rings. The van der Waals surface area contributed by atoms with E-state index in [-0.39, 0.29) is 17.4 Å². The van der Waals surface area contributed by atoms with Gasteiger partial charge in [-0.2, -0.15) is 0 Å². The molecule has 2 aromatic rings. The van der Waals surface area contributed by atoms with Crippen LogP contribution < -0.4 is 11.1 Å². The van der Waals surface area contributed by atoms with Crippen molar-refractivity contribution in [3.63, 3.8) is 0 Å². The van der Waals surface area contributed by atoms with Gasteiger partial charge in [0.15, 0.2) is 6.61 Å². The number of pyridine rings is 1. The SMILES string of the molecule is C[C@H](NC(=O)COC(=O)c1cc([N+](=O)[O-])cnc1N)c1ccc(Cl)cc1. The van der Waals surface area contributed by atoms with Crippen molar-refractivity contribution < 1.29 is 19.2 Å². The minimum Gasteiger partial charge on any atom is -0.452 e. The summed E-state index contributed by atoms with van der Waals surface area (Å²) in [5, 5.41) is 14.0. The Hall–Kier alpha value is -3.20. The predicted molar refractivity (Wildman–Crippen MR) is 93.6 cm³/mol. The molecule has 1 atom stereocenters. The monoisotopic (exact) mass is 378 g/mol. The highest BCUT2D eigenvalue weighted by atomic mass is 35.5. The smallest absolute Gasteiger partial charge is 0.342 e. The molecule has 1 aromatic carbocycles. The number of nitrogen functional groups attached to an aromatic ring is 1. The minimum atomic E-state index is -0.979. The number of ether oxygens (including phenoxy) is 1.